The molecule has 4 aliphatic heterocycles. The molecule has 16 aromatic rings. The molecular weight excluding hydrogens is 1950 g/mol. The molecule has 20 rings (SSSR count). The second-order valence-corrected chi connectivity index (χ2v) is 33.6. The maximum absolute atomic E-state index is 13.7. The third kappa shape index (κ3) is 27.2. The molecule has 8 heterocycles. The first-order valence-corrected chi connectivity index (χ1v) is 46.4. The predicted octanol–water partition coefficient (Wildman–Crippen LogP) is 22.3. The summed E-state index contributed by atoms with van der Waals surface area (Å²) < 4.78 is 98.7. The number of hydrogen-bond acceptors (Lipinski definition) is 27. The quantitative estimate of drug-likeness (QED) is 0.0329. The number of ether oxygens (including phenoxy) is 8. The zero-order valence-corrected chi connectivity index (χ0v) is 79.2. The summed E-state index contributed by atoms with van der Waals surface area (Å²) in [5, 5.41) is 48.7. The smallest absolute Gasteiger partial charge is 0.417 e. The SMILES string of the molecule is N#Cc1ccc(NC(=O)Nc2ccc(Oc3ccc4ncc(N5CCOCC5)nc4c3)cc2)cc1C(F)(F)F.N#Cc1ccc(NC(=O)Nc2ccc(Oc3ccc4ncc(N5CCOCC5)nc4c3)cc2)cc1Cl.N#Cc1ccc(NC(=O)Nc2ccc(Oc3ccc4ncc(N5CCOCC5)nc4c3)cc2)cc1F.O=C(Nc1ccc(Oc2ccc3ncc(N4CCOCC4)nc3c2)cc1)Nc1ccc(Cl)c(Cl)c1. The molecule has 0 aliphatic carbocycles. The van der Waals surface area contributed by atoms with Crippen molar-refractivity contribution in [3.63, 3.8) is 0 Å². The molecule has 8 amide bonds. The molecule has 4 aliphatic rings. The standard InChI is InChI=1S/C27H21F3N6O3.C26H21ClN6O3.C26H21FN6O3.C25H21Cl2N5O3/c28-27(29,30)22-13-19(2-1-17(22)15-31)34-26(37)33-18-3-5-20(6-4-18)39-21-7-8-23-24(14-21)35-25(16-32-23)36-9-11-38-12-10-36;2*27-22-13-19(2-1-17(22)15-28)31-26(34)30-18-3-5-20(6-4-18)36-21-7-8-23-24(14-21)32-25(16-29-23)33-9-11-35-12-10-33;26-20-7-3-17(13-21(20)27)30-25(33)29-16-1-4-18(5-2-16)35-19-6-8-22-23(14-19)31-24(15-28-22)32-9-11-34-12-10-32/h1-8,13-14,16H,9-12H2,(H2,33,34,37);2*1-8,13-14,16H,9-12H2,(H2,30,31,34);1-8,13-15H,9-12H2,(H2,29,30,33). The van der Waals surface area contributed by atoms with Crippen LogP contribution in [0.1, 0.15) is 22.3 Å². The van der Waals surface area contributed by atoms with E-state index in [9.17, 15) is 36.7 Å². The Hall–Kier alpha value is -17.6. The summed E-state index contributed by atoms with van der Waals surface area (Å²) in [6.45, 7) is 11.6. The van der Waals surface area contributed by atoms with Crippen molar-refractivity contribution in [2.24, 2.45) is 0 Å². The van der Waals surface area contributed by atoms with E-state index in [0.717, 1.165) is 126 Å². The van der Waals surface area contributed by atoms with Crippen molar-refractivity contribution in [2.75, 3.05) is 167 Å². The number of halogens is 7. The number of carbonyl (C=O) groups excluding carboxylic acids is 4. The van der Waals surface area contributed by atoms with Gasteiger partial charge in [0.05, 0.1) is 165 Å². The van der Waals surface area contributed by atoms with Gasteiger partial charge < -0.3 is 100 Å². The number of nitrogens with one attached hydrogen (secondary N) is 8. The first kappa shape index (κ1) is 99.9. The van der Waals surface area contributed by atoms with E-state index >= 15 is 0 Å². The monoisotopic (exact) mass is 2030 g/mol. The largest absolute Gasteiger partial charge is 0.457 e. The van der Waals surface area contributed by atoms with E-state index in [4.69, 9.17) is 108 Å². The minimum Gasteiger partial charge on any atom is -0.457 e. The lowest BCUT2D eigenvalue weighted by Crippen LogP contribution is -2.36. The maximum Gasteiger partial charge on any atom is 0.417 e. The van der Waals surface area contributed by atoms with E-state index in [1.54, 1.807) is 170 Å². The molecule has 0 spiro atoms. The Morgan fingerprint density at radius 3 is 0.808 bits per heavy atom. The van der Waals surface area contributed by atoms with Gasteiger partial charge in [-0.3, -0.25) is 19.9 Å². The fourth-order valence-electron chi connectivity index (χ4n) is 15.0. The van der Waals surface area contributed by atoms with Gasteiger partial charge in [-0.05, 0) is 218 Å². The number of anilines is 12. The number of nitriles is 3. The van der Waals surface area contributed by atoms with Crippen molar-refractivity contribution < 1.29 is 74.6 Å². The number of benzene rings is 12. The highest BCUT2D eigenvalue weighted by Crippen LogP contribution is 2.38. The second kappa shape index (κ2) is 47.3. The van der Waals surface area contributed by atoms with Crippen LogP contribution in [0.4, 0.5) is 106 Å². The van der Waals surface area contributed by atoms with Crippen LogP contribution in [-0.4, -0.2) is 169 Å². The van der Waals surface area contributed by atoms with Crippen LogP contribution >= 0.6 is 34.8 Å². The van der Waals surface area contributed by atoms with Crippen LogP contribution in [0.3, 0.4) is 0 Å². The fraction of sp³-hybridized carbons (Fsp3) is 0.163. The fourth-order valence-corrected chi connectivity index (χ4v) is 15.5. The molecule has 4 saturated heterocycles. The van der Waals surface area contributed by atoms with Crippen molar-refractivity contribution in [2.45, 2.75) is 6.18 Å². The number of alkyl halides is 3. The molecule has 0 radical (unpaired) electrons. The van der Waals surface area contributed by atoms with Crippen LogP contribution in [0, 0.1) is 39.8 Å². The molecular formula is C104H84Cl3F4N23O12. The molecule has 146 heavy (non-hydrogen) atoms. The minimum atomic E-state index is -4.72. The van der Waals surface area contributed by atoms with Gasteiger partial charge >= 0.3 is 30.3 Å². The molecule has 0 atom stereocenters. The summed E-state index contributed by atoms with van der Waals surface area (Å²) in [4.78, 5) is 94.6. The van der Waals surface area contributed by atoms with E-state index in [0.29, 0.717) is 160 Å². The highest BCUT2D eigenvalue weighted by Gasteiger charge is 2.34. The zero-order valence-electron chi connectivity index (χ0n) is 77.0. The van der Waals surface area contributed by atoms with E-state index in [1.807, 2.05) is 66.7 Å². The second-order valence-electron chi connectivity index (χ2n) is 32.3. The van der Waals surface area contributed by atoms with Crippen molar-refractivity contribution >= 4 is 172 Å². The van der Waals surface area contributed by atoms with Gasteiger partial charge in [-0.25, -0.2) is 43.5 Å². The van der Waals surface area contributed by atoms with Gasteiger partial charge in [0, 0.05) is 122 Å². The molecule has 4 aromatic heterocycles. The van der Waals surface area contributed by atoms with Crippen LogP contribution in [0.15, 0.2) is 267 Å². The number of fused-ring (bicyclic) bond motifs is 4. The average Bonchev–Trinajstić information content (AvgIpc) is 0.818. The topological polar surface area (TPSA) is 426 Å². The van der Waals surface area contributed by atoms with Crippen LogP contribution < -0.4 is 81.1 Å². The number of aromatic nitrogens is 8. The maximum atomic E-state index is 13.7. The lowest BCUT2D eigenvalue weighted by atomic mass is 10.1. The Morgan fingerprint density at radius 1 is 0.288 bits per heavy atom. The van der Waals surface area contributed by atoms with Crippen LogP contribution in [-0.2, 0) is 25.1 Å². The lowest BCUT2D eigenvalue weighted by molar-refractivity contribution is -0.137. The number of carbonyl (C=O) groups is 4. The Labute approximate surface area is 845 Å². The normalized spacial score (nSPS) is 13.3. The Morgan fingerprint density at radius 2 is 0.534 bits per heavy atom. The van der Waals surface area contributed by atoms with Crippen molar-refractivity contribution in [1.29, 1.82) is 15.8 Å². The van der Waals surface area contributed by atoms with Crippen molar-refractivity contribution in [3.05, 3.63) is 311 Å². The summed E-state index contributed by atoms with van der Waals surface area (Å²) in [5.41, 5.74) is 7.84. The van der Waals surface area contributed by atoms with Gasteiger partial charge in [0.1, 0.15) is 87.2 Å². The highest BCUT2D eigenvalue weighted by molar-refractivity contribution is 6.42. The molecule has 42 heteroatoms. The predicted molar refractivity (Wildman–Crippen MR) is 547 cm³/mol. The molecule has 0 saturated carbocycles. The molecule has 0 bridgehead atoms. The lowest BCUT2D eigenvalue weighted by Gasteiger charge is -2.27. The van der Waals surface area contributed by atoms with E-state index in [1.165, 1.54) is 30.3 Å². The number of morpholine rings is 4. The highest BCUT2D eigenvalue weighted by atomic mass is 35.5. The Balaban J connectivity index is 0.000000133. The van der Waals surface area contributed by atoms with Crippen LogP contribution in [0.2, 0.25) is 15.1 Å². The summed E-state index contributed by atoms with van der Waals surface area (Å²) in [5.74, 6) is 7.26. The third-order valence-electron chi connectivity index (χ3n) is 22.3. The van der Waals surface area contributed by atoms with E-state index in [2.05, 4.69) is 82.1 Å². The Bertz CT molecular complexity index is 7370. The van der Waals surface area contributed by atoms with Crippen LogP contribution in [0.25, 0.3) is 44.1 Å². The molecule has 736 valence electrons. The summed E-state index contributed by atoms with van der Waals surface area (Å²) in [6.07, 6.45) is 2.36. The summed E-state index contributed by atoms with van der Waals surface area (Å²) in [6, 6.07) is 68.8. The van der Waals surface area contributed by atoms with Gasteiger partial charge in [0.2, 0.25) is 0 Å². The number of rotatable bonds is 20. The molecule has 4 fully saturated rings. The minimum absolute atomic E-state index is 0.0902. The number of urea groups is 4. The average molecular weight is 2030 g/mol. The summed E-state index contributed by atoms with van der Waals surface area (Å²) >= 11 is 17.9. The number of nitrogens with zero attached hydrogens (tertiary/aromatic N) is 15. The van der Waals surface area contributed by atoms with Gasteiger partial charge in [-0.1, -0.05) is 34.8 Å². The molecule has 0 unspecified atom stereocenters. The third-order valence-corrected chi connectivity index (χ3v) is 23.4. The van der Waals surface area contributed by atoms with Crippen molar-refractivity contribution in [1.82, 2.24) is 39.9 Å². The van der Waals surface area contributed by atoms with E-state index < -0.39 is 47.2 Å². The van der Waals surface area contributed by atoms with Gasteiger partial charge in [-0.2, -0.15) is 29.0 Å². The molecule has 35 nitrogen and oxygen atoms in total. The van der Waals surface area contributed by atoms with Gasteiger partial charge in [0.15, 0.2) is 0 Å². The van der Waals surface area contributed by atoms with Gasteiger partial charge in [-0.15, -0.1) is 0 Å². The first-order valence-electron chi connectivity index (χ1n) is 45.2. The van der Waals surface area contributed by atoms with Gasteiger partial charge in [0.25, 0.3) is 0 Å². The first-order chi connectivity index (χ1) is 70.9. The van der Waals surface area contributed by atoms with E-state index in [-0.39, 0.29) is 22.0 Å². The Kier molecular flexibility index (Phi) is 32.4. The molecule has 12 aromatic carbocycles. The molecule has 8 N–H and O–H groups in total. The zero-order chi connectivity index (χ0) is 101. The number of amides is 8. The number of hydrogen-bond donors (Lipinski definition) is 8. The van der Waals surface area contributed by atoms with Crippen LogP contribution in [0.5, 0.6) is 46.0 Å². The van der Waals surface area contributed by atoms with Crippen molar-refractivity contribution in [3.8, 4) is 64.2 Å². The summed E-state index contributed by atoms with van der Waals surface area (Å²) in [7, 11) is 0.